The number of hydrogen-bond donors (Lipinski definition) is 0. The van der Waals surface area contributed by atoms with Crippen molar-refractivity contribution in [1.82, 2.24) is 4.57 Å². The largest absolute Gasteiger partial charge is 0.456 e. The molecule has 0 bridgehead atoms. The predicted octanol–water partition coefficient (Wildman–Crippen LogP) is 13.5. The molecular formula is C48H32N2O. The summed E-state index contributed by atoms with van der Waals surface area (Å²) in [5.74, 6) is 0. The van der Waals surface area contributed by atoms with Gasteiger partial charge < -0.3 is 13.9 Å². The van der Waals surface area contributed by atoms with Crippen LogP contribution in [-0.2, 0) is 0 Å². The normalized spacial score (nSPS) is 11.5. The molecule has 0 aliphatic carbocycles. The molecule has 10 rings (SSSR count). The summed E-state index contributed by atoms with van der Waals surface area (Å²) in [5.41, 5.74) is 13.2. The van der Waals surface area contributed by atoms with Crippen LogP contribution in [0.4, 0.5) is 17.1 Å². The highest BCUT2D eigenvalue weighted by Crippen LogP contribution is 2.44. The Bertz CT molecular complexity index is 2850. The third-order valence-corrected chi connectivity index (χ3v) is 10.00. The van der Waals surface area contributed by atoms with Crippen molar-refractivity contribution in [2.75, 3.05) is 4.90 Å². The van der Waals surface area contributed by atoms with Crippen LogP contribution < -0.4 is 4.90 Å². The van der Waals surface area contributed by atoms with Crippen molar-refractivity contribution in [3.05, 3.63) is 194 Å². The Morgan fingerprint density at radius 2 is 0.980 bits per heavy atom. The van der Waals surface area contributed by atoms with Crippen LogP contribution in [0.5, 0.6) is 0 Å². The number of benzene rings is 8. The van der Waals surface area contributed by atoms with Gasteiger partial charge in [0, 0.05) is 44.2 Å². The minimum Gasteiger partial charge on any atom is -0.456 e. The first-order chi connectivity index (χ1) is 25.3. The van der Waals surface area contributed by atoms with Crippen molar-refractivity contribution in [3.63, 3.8) is 0 Å². The highest BCUT2D eigenvalue weighted by molar-refractivity contribution is 6.11. The van der Waals surface area contributed by atoms with E-state index in [0.717, 1.165) is 50.2 Å². The molecule has 2 heterocycles. The van der Waals surface area contributed by atoms with Gasteiger partial charge in [0.25, 0.3) is 0 Å². The highest BCUT2D eigenvalue weighted by atomic mass is 16.3. The summed E-state index contributed by atoms with van der Waals surface area (Å²) in [6.45, 7) is 0. The van der Waals surface area contributed by atoms with Gasteiger partial charge in [-0.15, -0.1) is 0 Å². The molecule has 0 amide bonds. The van der Waals surface area contributed by atoms with Crippen LogP contribution in [0.1, 0.15) is 0 Å². The van der Waals surface area contributed by atoms with Crippen molar-refractivity contribution in [2.45, 2.75) is 0 Å². The summed E-state index contributed by atoms with van der Waals surface area (Å²) in [6.07, 6.45) is 0. The average molecular weight is 653 g/mol. The third kappa shape index (κ3) is 4.90. The zero-order chi connectivity index (χ0) is 33.7. The SMILES string of the molecule is c1ccc(-c2ccc(N(c3ccc4c5ccccc5n(-c5ccc6oc7ccccc7c6c5)c4c3)c3ccccc3-c3ccccc3)cc2)cc1. The quantitative estimate of drug-likeness (QED) is 0.178. The summed E-state index contributed by atoms with van der Waals surface area (Å²) in [5, 5.41) is 4.67. The second-order valence-electron chi connectivity index (χ2n) is 13.0. The molecule has 0 aliphatic heterocycles. The van der Waals surface area contributed by atoms with E-state index in [1.54, 1.807) is 0 Å². The first-order valence-corrected chi connectivity index (χ1v) is 17.4. The number of para-hydroxylation sites is 3. The summed E-state index contributed by atoms with van der Waals surface area (Å²) in [6, 6.07) is 69.3. The monoisotopic (exact) mass is 652 g/mol. The maximum atomic E-state index is 6.22. The van der Waals surface area contributed by atoms with Crippen molar-refractivity contribution < 1.29 is 4.42 Å². The first kappa shape index (κ1) is 29.1. The molecule has 3 heteroatoms. The Morgan fingerprint density at radius 3 is 1.80 bits per heavy atom. The van der Waals surface area contributed by atoms with Crippen LogP contribution >= 0.6 is 0 Å². The number of rotatable bonds is 6. The molecule has 0 fully saturated rings. The van der Waals surface area contributed by atoms with Crippen molar-refractivity contribution in [1.29, 1.82) is 0 Å². The van der Waals surface area contributed by atoms with E-state index in [-0.39, 0.29) is 0 Å². The van der Waals surface area contributed by atoms with Gasteiger partial charge in [0.1, 0.15) is 11.2 Å². The van der Waals surface area contributed by atoms with Gasteiger partial charge in [0.05, 0.1) is 16.7 Å². The third-order valence-electron chi connectivity index (χ3n) is 10.00. The number of fused-ring (bicyclic) bond motifs is 6. The van der Waals surface area contributed by atoms with E-state index in [4.69, 9.17) is 4.42 Å². The molecule has 10 aromatic rings. The zero-order valence-electron chi connectivity index (χ0n) is 27.8. The number of furan rings is 1. The van der Waals surface area contributed by atoms with Crippen molar-refractivity contribution in [3.8, 4) is 27.9 Å². The molecule has 0 spiro atoms. The van der Waals surface area contributed by atoms with E-state index in [1.807, 2.05) is 12.1 Å². The van der Waals surface area contributed by atoms with Gasteiger partial charge in [0.15, 0.2) is 0 Å². The summed E-state index contributed by atoms with van der Waals surface area (Å²) in [7, 11) is 0. The second kappa shape index (κ2) is 11.9. The van der Waals surface area contributed by atoms with Crippen molar-refractivity contribution >= 4 is 60.8 Å². The molecule has 240 valence electrons. The Kier molecular flexibility index (Phi) is 6.81. The number of aromatic nitrogens is 1. The van der Waals surface area contributed by atoms with Crippen LogP contribution in [0.3, 0.4) is 0 Å². The topological polar surface area (TPSA) is 21.3 Å². The Labute approximate surface area is 295 Å². The lowest BCUT2D eigenvalue weighted by Gasteiger charge is -2.28. The number of nitrogens with zero attached hydrogens (tertiary/aromatic N) is 2. The molecule has 0 saturated carbocycles. The van der Waals surface area contributed by atoms with E-state index < -0.39 is 0 Å². The van der Waals surface area contributed by atoms with Gasteiger partial charge in [-0.3, -0.25) is 0 Å². The fraction of sp³-hybridized carbons (Fsp3) is 0. The van der Waals surface area contributed by atoms with Crippen LogP contribution in [0.25, 0.3) is 71.7 Å². The van der Waals surface area contributed by atoms with Gasteiger partial charge in [-0.05, 0) is 77.4 Å². The highest BCUT2D eigenvalue weighted by Gasteiger charge is 2.20. The molecule has 3 nitrogen and oxygen atoms in total. The number of hydrogen-bond acceptors (Lipinski definition) is 2. The van der Waals surface area contributed by atoms with E-state index in [0.29, 0.717) is 0 Å². The van der Waals surface area contributed by atoms with Gasteiger partial charge in [0.2, 0.25) is 0 Å². The van der Waals surface area contributed by atoms with Gasteiger partial charge >= 0.3 is 0 Å². The molecule has 8 aromatic carbocycles. The maximum absolute atomic E-state index is 6.22. The molecule has 0 radical (unpaired) electrons. The standard InChI is InChI=1S/C48H32N2O/c1-3-13-33(14-4-1)34-23-25-36(26-24-34)49(44-20-10-7-17-39(44)35-15-5-2-6-16-35)38-27-29-41-40-18-8-11-21-45(40)50(46(41)32-38)37-28-30-48-43(31-37)42-19-9-12-22-47(42)51-48/h1-32H. The lowest BCUT2D eigenvalue weighted by Crippen LogP contribution is -2.11. The molecule has 0 unspecified atom stereocenters. The first-order valence-electron chi connectivity index (χ1n) is 17.4. The Balaban J connectivity index is 1.21. The average Bonchev–Trinajstić information content (AvgIpc) is 3.74. The van der Waals surface area contributed by atoms with Gasteiger partial charge in [-0.25, -0.2) is 0 Å². The number of anilines is 3. The lowest BCUT2D eigenvalue weighted by molar-refractivity contribution is 0.669. The summed E-state index contributed by atoms with van der Waals surface area (Å²) >= 11 is 0. The fourth-order valence-electron chi connectivity index (χ4n) is 7.62. The molecule has 0 atom stereocenters. The fourth-order valence-corrected chi connectivity index (χ4v) is 7.62. The molecule has 2 aromatic heterocycles. The van der Waals surface area contributed by atoms with E-state index in [9.17, 15) is 0 Å². The lowest BCUT2D eigenvalue weighted by atomic mass is 10.0. The molecule has 0 saturated heterocycles. The Hall–Kier alpha value is -6.84. The molecule has 0 aliphatic rings. The van der Waals surface area contributed by atoms with Crippen LogP contribution in [0.15, 0.2) is 199 Å². The van der Waals surface area contributed by atoms with Crippen LogP contribution in [0, 0.1) is 0 Å². The Morgan fingerprint density at radius 1 is 0.373 bits per heavy atom. The minimum atomic E-state index is 0.893. The predicted molar refractivity (Wildman–Crippen MR) is 214 cm³/mol. The van der Waals surface area contributed by atoms with Gasteiger partial charge in [-0.1, -0.05) is 133 Å². The van der Waals surface area contributed by atoms with E-state index in [1.165, 1.54) is 38.5 Å². The summed E-state index contributed by atoms with van der Waals surface area (Å²) in [4.78, 5) is 2.39. The van der Waals surface area contributed by atoms with Gasteiger partial charge in [-0.2, -0.15) is 0 Å². The maximum Gasteiger partial charge on any atom is 0.135 e. The molecule has 0 N–H and O–H groups in total. The summed E-state index contributed by atoms with van der Waals surface area (Å²) < 4.78 is 8.61. The minimum absolute atomic E-state index is 0.893. The smallest absolute Gasteiger partial charge is 0.135 e. The van der Waals surface area contributed by atoms with E-state index >= 15 is 0 Å². The second-order valence-corrected chi connectivity index (χ2v) is 13.0. The van der Waals surface area contributed by atoms with E-state index in [2.05, 4.69) is 191 Å². The molecular weight excluding hydrogens is 621 g/mol. The van der Waals surface area contributed by atoms with Crippen LogP contribution in [-0.4, -0.2) is 4.57 Å². The van der Waals surface area contributed by atoms with Crippen LogP contribution in [0.2, 0.25) is 0 Å². The van der Waals surface area contributed by atoms with Crippen molar-refractivity contribution in [2.24, 2.45) is 0 Å². The zero-order valence-corrected chi connectivity index (χ0v) is 27.8. The molecule has 51 heavy (non-hydrogen) atoms.